The normalized spacial score (nSPS) is 16.4. The van der Waals surface area contributed by atoms with E-state index in [0.717, 1.165) is 23.9 Å². The summed E-state index contributed by atoms with van der Waals surface area (Å²) in [5.74, 6) is 0.919. The number of hydrogen-bond donors (Lipinski definition) is 1. The number of rotatable bonds is 5. The van der Waals surface area contributed by atoms with Crippen LogP contribution in [0.1, 0.15) is 30.7 Å². The lowest BCUT2D eigenvalue weighted by Gasteiger charge is -2.29. The van der Waals surface area contributed by atoms with Crippen LogP contribution < -0.4 is 5.73 Å². The molecule has 0 radical (unpaired) electrons. The molecule has 1 aliphatic carbocycles. The Morgan fingerprint density at radius 1 is 1.38 bits per heavy atom. The maximum atomic E-state index is 5.58. The van der Waals surface area contributed by atoms with Gasteiger partial charge in [-0.05, 0) is 37.9 Å². The number of pyridine rings is 1. The minimum absolute atomic E-state index is 0.528. The molecule has 0 saturated heterocycles. The van der Waals surface area contributed by atoms with Crippen LogP contribution in [0, 0.1) is 5.92 Å². The van der Waals surface area contributed by atoms with E-state index in [0.29, 0.717) is 6.54 Å². The Labute approximate surface area is 97.7 Å². The van der Waals surface area contributed by atoms with Crippen LogP contribution in [0.3, 0.4) is 0 Å². The molecule has 0 unspecified atom stereocenters. The van der Waals surface area contributed by atoms with Crippen LogP contribution in [-0.2, 0) is 13.1 Å². The molecule has 0 bridgehead atoms. The van der Waals surface area contributed by atoms with Gasteiger partial charge in [-0.15, -0.1) is 0 Å². The van der Waals surface area contributed by atoms with E-state index in [1.54, 1.807) is 0 Å². The van der Waals surface area contributed by atoms with Crippen molar-refractivity contribution in [3.8, 4) is 0 Å². The van der Waals surface area contributed by atoms with Crippen LogP contribution >= 0.6 is 0 Å². The number of hydrogen-bond acceptors (Lipinski definition) is 3. The highest BCUT2D eigenvalue weighted by molar-refractivity contribution is 5.10. The molecule has 2 N–H and O–H groups in total. The van der Waals surface area contributed by atoms with Crippen molar-refractivity contribution >= 4 is 0 Å². The smallest absolute Gasteiger partial charge is 0.0547 e. The second-order valence-corrected chi connectivity index (χ2v) is 4.82. The molecule has 3 nitrogen and oxygen atoms in total. The molecular formula is C13H21N3. The zero-order chi connectivity index (χ0) is 11.4. The van der Waals surface area contributed by atoms with Gasteiger partial charge in [0.05, 0.1) is 11.4 Å². The number of nitrogens with zero attached hydrogens (tertiary/aromatic N) is 2. The van der Waals surface area contributed by atoms with Gasteiger partial charge in [0.25, 0.3) is 0 Å². The number of aromatic nitrogens is 1. The molecule has 0 aliphatic heterocycles. The quantitative estimate of drug-likeness (QED) is 0.820. The first kappa shape index (κ1) is 11.6. The standard InChI is InChI=1S/C13H21N3/c1-16(9-11-4-2-5-11)10-13-7-3-6-12(8-14)15-13/h3,6-7,11H,2,4-5,8-10,14H2,1H3. The second kappa shape index (κ2) is 5.41. The van der Waals surface area contributed by atoms with Gasteiger partial charge in [0.2, 0.25) is 0 Å². The molecule has 0 aromatic carbocycles. The van der Waals surface area contributed by atoms with Crippen molar-refractivity contribution in [1.82, 2.24) is 9.88 Å². The Kier molecular flexibility index (Phi) is 3.91. The molecule has 16 heavy (non-hydrogen) atoms. The Morgan fingerprint density at radius 2 is 2.12 bits per heavy atom. The molecule has 0 spiro atoms. The van der Waals surface area contributed by atoms with Gasteiger partial charge in [-0.25, -0.2) is 0 Å². The maximum Gasteiger partial charge on any atom is 0.0547 e. The predicted molar refractivity (Wildman–Crippen MR) is 65.8 cm³/mol. The summed E-state index contributed by atoms with van der Waals surface area (Å²) in [4.78, 5) is 6.88. The molecule has 1 saturated carbocycles. The molecule has 0 atom stereocenters. The average molecular weight is 219 g/mol. The van der Waals surface area contributed by atoms with Gasteiger partial charge in [-0.2, -0.15) is 0 Å². The fourth-order valence-corrected chi connectivity index (χ4v) is 2.19. The summed E-state index contributed by atoms with van der Waals surface area (Å²) in [6, 6.07) is 6.10. The van der Waals surface area contributed by atoms with Gasteiger partial charge in [0.15, 0.2) is 0 Å². The van der Waals surface area contributed by atoms with Crippen molar-refractivity contribution in [3.63, 3.8) is 0 Å². The minimum Gasteiger partial charge on any atom is -0.325 e. The third-order valence-electron chi connectivity index (χ3n) is 3.30. The summed E-state index contributed by atoms with van der Waals surface area (Å²) < 4.78 is 0. The Balaban J connectivity index is 1.86. The van der Waals surface area contributed by atoms with E-state index in [2.05, 4.69) is 23.0 Å². The molecule has 0 amide bonds. The van der Waals surface area contributed by atoms with Crippen molar-refractivity contribution in [2.45, 2.75) is 32.4 Å². The lowest BCUT2D eigenvalue weighted by atomic mass is 9.85. The van der Waals surface area contributed by atoms with Gasteiger partial charge in [-0.1, -0.05) is 12.5 Å². The molecule has 1 heterocycles. The van der Waals surface area contributed by atoms with Crippen molar-refractivity contribution in [2.24, 2.45) is 11.7 Å². The first-order valence-corrected chi connectivity index (χ1v) is 6.11. The lowest BCUT2D eigenvalue weighted by Crippen LogP contribution is -2.29. The third kappa shape index (κ3) is 3.03. The highest BCUT2D eigenvalue weighted by Gasteiger charge is 2.19. The zero-order valence-corrected chi connectivity index (χ0v) is 10.0. The van der Waals surface area contributed by atoms with E-state index < -0.39 is 0 Å². The van der Waals surface area contributed by atoms with Crippen LogP contribution in [0.5, 0.6) is 0 Å². The van der Waals surface area contributed by atoms with E-state index in [9.17, 15) is 0 Å². The SMILES string of the molecule is CN(Cc1cccc(CN)n1)CC1CCC1. The summed E-state index contributed by atoms with van der Waals surface area (Å²) in [5, 5.41) is 0. The fraction of sp³-hybridized carbons (Fsp3) is 0.615. The Bertz CT molecular complexity index is 334. The minimum atomic E-state index is 0.528. The molecule has 2 rings (SSSR count). The molecule has 1 aliphatic rings. The lowest BCUT2D eigenvalue weighted by molar-refractivity contribution is 0.199. The molecule has 1 fully saturated rings. The Morgan fingerprint density at radius 3 is 2.75 bits per heavy atom. The van der Waals surface area contributed by atoms with Crippen LogP contribution in [0.2, 0.25) is 0 Å². The van der Waals surface area contributed by atoms with Crippen molar-refractivity contribution in [3.05, 3.63) is 29.6 Å². The molecule has 88 valence electrons. The maximum absolute atomic E-state index is 5.58. The van der Waals surface area contributed by atoms with Gasteiger partial charge >= 0.3 is 0 Å². The molecule has 3 heteroatoms. The van der Waals surface area contributed by atoms with Crippen molar-refractivity contribution in [1.29, 1.82) is 0 Å². The first-order chi connectivity index (χ1) is 7.78. The van der Waals surface area contributed by atoms with Gasteiger partial charge in [0.1, 0.15) is 0 Å². The average Bonchev–Trinajstić information content (AvgIpc) is 2.24. The number of nitrogens with two attached hydrogens (primary N) is 1. The van der Waals surface area contributed by atoms with E-state index in [1.807, 2.05) is 12.1 Å². The van der Waals surface area contributed by atoms with Crippen LogP contribution in [0.25, 0.3) is 0 Å². The van der Waals surface area contributed by atoms with E-state index in [-0.39, 0.29) is 0 Å². The topological polar surface area (TPSA) is 42.1 Å². The summed E-state index contributed by atoms with van der Waals surface area (Å²) in [5.41, 5.74) is 7.70. The summed E-state index contributed by atoms with van der Waals surface area (Å²) >= 11 is 0. The fourth-order valence-electron chi connectivity index (χ4n) is 2.19. The second-order valence-electron chi connectivity index (χ2n) is 4.82. The van der Waals surface area contributed by atoms with Crippen LogP contribution in [-0.4, -0.2) is 23.5 Å². The monoisotopic (exact) mass is 219 g/mol. The predicted octanol–water partition coefficient (Wildman–Crippen LogP) is 1.77. The molecule has 1 aromatic heterocycles. The highest BCUT2D eigenvalue weighted by atomic mass is 15.1. The molecular weight excluding hydrogens is 198 g/mol. The largest absolute Gasteiger partial charge is 0.325 e. The van der Waals surface area contributed by atoms with Crippen molar-refractivity contribution < 1.29 is 0 Å². The van der Waals surface area contributed by atoms with Gasteiger partial charge < -0.3 is 10.6 Å². The third-order valence-corrected chi connectivity index (χ3v) is 3.30. The zero-order valence-electron chi connectivity index (χ0n) is 10.0. The van der Waals surface area contributed by atoms with Gasteiger partial charge in [-0.3, -0.25) is 4.98 Å². The van der Waals surface area contributed by atoms with E-state index >= 15 is 0 Å². The van der Waals surface area contributed by atoms with Gasteiger partial charge in [0, 0.05) is 19.6 Å². The van der Waals surface area contributed by atoms with Crippen molar-refractivity contribution in [2.75, 3.05) is 13.6 Å². The molecule has 1 aromatic rings. The van der Waals surface area contributed by atoms with E-state index in [4.69, 9.17) is 5.73 Å². The highest BCUT2D eigenvalue weighted by Crippen LogP contribution is 2.26. The Hall–Kier alpha value is -0.930. The van der Waals surface area contributed by atoms with E-state index in [1.165, 1.54) is 25.8 Å². The summed E-state index contributed by atoms with van der Waals surface area (Å²) in [6.07, 6.45) is 4.22. The summed E-state index contributed by atoms with van der Waals surface area (Å²) in [7, 11) is 2.18. The van der Waals surface area contributed by atoms with Crippen LogP contribution in [0.4, 0.5) is 0 Å². The first-order valence-electron chi connectivity index (χ1n) is 6.11. The van der Waals surface area contributed by atoms with Crippen LogP contribution in [0.15, 0.2) is 18.2 Å². The summed E-state index contributed by atoms with van der Waals surface area (Å²) in [6.45, 7) is 2.67.